The highest BCUT2D eigenvalue weighted by Gasteiger charge is 1.97. The van der Waals surface area contributed by atoms with Crippen molar-refractivity contribution in [3.05, 3.63) is 100 Å². The molecule has 0 atom stereocenters. The van der Waals surface area contributed by atoms with Crippen LogP contribution in [-0.4, -0.2) is 5.16 Å². The summed E-state index contributed by atoms with van der Waals surface area (Å²) < 4.78 is 0. The lowest BCUT2D eigenvalue weighted by molar-refractivity contribution is 0.717. The van der Waals surface area contributed by atoms with Crippen LogP contribution < -0.4 is 0 Å². The van der Waals surface area contributed by atoms with Crippen molar-refractivity contribution in [2.45, 2.75) is 39.5 Å². The van der Waals surface area contributed by atoms with E-state index in [9.17, 15) is 0 Å². The van der Waals surface area contributed by atoms with Gasteiger partial charge in [-0.1, -0.05) is 55.6 Å². The number of hydrogen-bond donors (Lipinski definition) is 0. The Morgan fingerprint density at radius 2 is 1.35 bits per heavy atom. The molecule has 3 rings (SSSR count). The molecular weight excluding hydrogens is 394 g/mol. The highest BCUT2D eigenvalue weighted by atomic mass is 32.1. The van der Waals surface area contributed by atoms with Crippen LogP contribution in [0.2, 0.25) is 0 Å². The molecule has 0 heterocycles. The summed E-state index contributed by atoms with van der Waals surface area (Å²) in [5.74, 6) is 13.0. The molecule has 3 aromatic carbocycles. The van der Waals surface area contributed by atoms with Gasteiger partial charge in [-0.2, -0.15) is 4.99 Å². The summed E-state index contributed by atoms with van der Waals surface area (Å²) in [4.78, 5) is 3.95. The minimum absolute atomic E-state index is 0.783. The molecule has 0 fully saturated rings. The average Bonchev–Trinajstić information content (AvgIpc) is 2.79. The Labute approximate surface area is 191 Å². The summed E-state index contributed by atoms with van der Waals surface area (Å²) in [7, 11) is 0. The Bertz CT molecular complexity index is 1190. The zero-order valence-electron chi connectivity index (χ0n) is 18.0. The Morgan fingerprint density at radius 1 is 0.742 bits per heavy atom. The van der Waals surface area contributed by atoms with Crippen LogP contribution >= 0.6 is 12.2 Å². The Morgan fingerprint density at radius 3 is 2.00 bits per heavy atom. The van der Waals surface area contributed by atoms with E-state index in [1.807, 2.05) is 36.4 Å². The van der Waals surface area contributed by atoms with Gasteiger partial charge in [0.15, 0.2) is 0 Å². The van der Waals surface area contributed by atoms with Gasteiger partial charge in [0, 0.05) is 22.3 Å². The van der Waals surface area contributed by atoms with E-state index in [-0.39, 0.29) is 0 Å². The van der Waals surface area contributed by atoms with Crippen molar-refractivity contribution in [2.24, 2.45) is 4.99 Å². The van der Waals surface area contributed by atoms with Crippen molar-refractivity contribution >= 4 is 23.1 Å². The lowest BCUT2D eigenvalue weighted by atomic mass is 10.0. The van der Waals surface area contributed by atoms with Crippen LogP contribution in [0.1, 0.15) is 59.6 Å². The summed E-state index contributed by atoms with van der Waals surface area (Å²) in [6.45, 7) is 4.30. The van der Waals surface area contributed by atoms with Crippen molar-refractivity contribution in [3.8, 4) is 23.7 Å². The van der Waals surface area contributed by atoms with Gasteiger partial charge in [-0.25, -0.2) is 0 Å². The fourth-order valence-corrected chi connectivity index (χ4v) is 3.28. The second-order valence-electron chi connectivity index (χ2n) is 7.43. The topological polar surface area (TPSA) is 12.4 Å². The number of hydrogen-bond acceptors (Lipinski definition) is 2. The molecule has 0 saturated heterocycles. The van der Waals surface area contributed by atoms with E-state index in [2.05, 4.69) is 90.2 Å². The second-order valence-corrected chi connectivity index (χ2v) is 7.62. The van der Waals surface area contributed by atoms with Gasteiger partial charge in [-0.3, -0.25) is 0 Å². The molecule has 0 aliphatic heterocycles. The van der Waals surface area contributed by atoms with Gasteiger partial charge in [-0.15, -0.1) is 0 Å². The number of unbranched alkanes of at least 4 members (excludes halogenated alkanes) is 2. The van der Waals surface area contributed by atoms with Crippen LogP contribution in [-0.2, 0) is 6.42 Å². The third-order valence-corrected chi connectivity index (χ3v) is 5.08. The third-order valence-electron chi connectivity index (χ3n) is 4.98. The molecule has 2 heteroatoms. The minimum atomic E-state index is 0.783. The minimum Gasteiger partial charge on any atom is -0.195 e. The van der Waals surface area contributed by atoms with Gasteiger partial charge in [0.2, 0.25) is 0 Å². The van der Waals surface area contributed by atoms with Crippen molar-refractivity contribution in [1.29, 1.82) is 0 Å². The first kappa shape index (κ1) is 22.3. The summed E-state index contributed by atoms with van der Waals surface area (Å²) >= 11 is 4.62. The summed E-state index contributed by atoms with van der Waals surface area (Å²) in [6.07, 6.45) is 4.94. The first-order valence-electron chi connectivity index (χ1n) is 10.6. The number of aryl methyl sites for hydroxylation is 2. The molecule has 0 amide bonds. The van der Waals surface area contributed by atoms with Gasteiger partial charge in [-0.05, 0) is 97.7 Å². The smallest absolute Gasteiger partial charge is 0.0740 e. The maximum atomic E-state index is 4.62. The van der Waals surface area contributed by atoms with E-state index in [0.29, 0.717) is 0 Å². The third kappa shape index (κ3) is 7.09. The average molecular weight is 420 g/mol. The van der Waals surface area contributed by atoms with Crippen LogP contribution in [0.3, 0.4) is 0 Å². The first-order valence-corrected chi connectivity index (χ1v) is 11.0. The molecule has 0 N–H and O–H groups in total. The highest BCUT2D eigenvalue weighted by Crippen LogP contribution is 2.13. The van der Waals surface area contributed by atoms with Gasteiger partial charge in [0.1, 0.15) is 0 Å². The van der Waals surface area contributed by atoms with Crippen molar-refractivity contribution in [3.63, 3.8) is 0 Å². The van der Waals surface area contributed by atoms with E-state index in [0.717, 1.165) is 39.9 Å². The quantitative estimate of drug-likeness (QED) is 0.183. The molecule has 0 unspecified atom stereocenters. The van der Waals surface area contributed by atoms with Crippen molar-refractivity contribution in [1.82, 2.24) is 0 Å². The summed E-state index contributed by atoms with van der Waals surface area (Å²) in [5.41, 5.74) is 7.27. The largest absolute Gasteiger partial charge is 0.195 e. The molecular formula is C29H25NS. The van der Waals surface area contributed by atoms with E-state index >= 15 is 0 Å². The first-order chi connectivity index (χ1) is 15.2. The van der Waals surface area contributed by atoms with Crippen LogP contribution in [0.25, 0.3) is 0 Å². The zero-order chi connectivity index (χ0) is 21.9. The molecule has 1 nitrogen and oxygen atoms in total. The molecule has 0 spiro atoms. The number of benzene rings is 3. The monoisotopic (exact) mass is 419 g/mol. The van der Waals surface area contributed by atoms with Crippen LogP contribution in [0.4, 0.5) is 5.69 Å². The van der Waals surface area contributed by atoms with Crippen molar-refractivity contribution < 1.29 is 0 Å². The SMILES string of the molecule is CCCCCc1ccc(C#Cc2ccc(C#Cc3ccc(N=C=S)cc3)c(C)c2)cc1. The van der Waals surface area contributed by atoms with Crippen LogP contribution in [0.5, 0.6) is 0 Å². The fraction of sp³-hybridized carbons (Fsp3) is 0.207. The predicted molar refractivity (Wildman–Crippen MR) is 134 cm³/mol. The molecule has 0 aliphatic rings. The van der Waals surface area contributed by atoms with Gasteiger partial charge in [0.05, 0.1) is 10.8 Å². The van der Waals surface area contributed by atoms with E-state index in [4.69, 9.17) is 0 Å². The number of aliphatic imine (C=N–C) groups is 1. The van der Waals surface area contributed by atoms with Crippen molar-refractivity contribution in [2.75, 3.05) is 0 Å². The molecule has 3 aromatic rings. The molecule has 0 bridgehead atoms. The molecule has 0 saturated carbocycles. The molecule has 0 radical (unpaired) electrons. The Kier molecular flexibility index (Phi) is 8.39. The van der Waals surface area contributed by atoms with Gasteiger partial charge in [0.25, 0.3) is 0 Å². The lowest BCUT2D eigenvalue weighted by Gasteiger charge is -2.01. The van der Waals surface area contributed by atoms with E-state index in [1.54, 1.807) is 0 Å². The Hall–Kier alpha value is -3.42. The number of rotatable bonds is 5. The summed E-state index contributed by atoms with van der Waals surface area (Å²) in [6, 6.07) is 22.4. The summed E-state index contributed by atoms with van der Waals surface area (Å²) in [5, 5.41) is 2.37. The zero-order valence-corrected chi connectivity index (χ0v) is 18.9. The normalized spacial score (nSPS) is 9.61. The number of isothiocyanates is 1. The predicted octanol–water partition coefficient (Wildman–Crippen LogP) is 7.26. The van der Waals surface area contributed by atoms with Gasteiger partial charge < -0.3 is 0 Å². The molecule has 0 aliphatic carbocycles. The van der Waals surface area contributed by atoms with E-state index in [1.165, 1.54) is 24.8 Å². The maximum Gasteiger partial charge on any atom is 0.0740 e. The fourth-order valence-electron chi connectivity index (χ4n) is 3.17. The number of thiocarbonyl (C=S) groups is 1. The molecule has 0 aromatic heterocycles. The molecule has 31 heavy (non-hydrogen) atoms. The van der Waals surface area contributed by atoms with Gasteiger partial charge >= 0.3 is 0 Å². The number of nitrogens with zero attached hydrogens (tertiary/aromatic N) is 1. The van der Waals surface area contributed by atoms with E-state index < -0.39 is 0 Å². The lowest BCUT2D eigenvalue weighted by Crippen LogP contribution is -1.86. The van der Waals surface area contributed by atoms with Crippen LogP contribution in [0.15, 0.2) is 71.7 Å². The standard InChI is InChI=1S/C29H25NS/c1-3-4-5-6-24-7-9-25(10-8-24)11-12-27-14-18-28(23(2)21-27)17-13-26-15-19-29(20-16-26)30-22-31/h7-10,14-16,18-21H,3-6H2,1-2H3. The van der Waals surface area contributed by atoms with Crippen LogP contribution in [0, 0.1) is 30.6 Å². The molecule has 152 valence electrons. The highest BCUT2D eigenvalue weighted by molar-refractivity contribution is 7.78. The maximum absolute atomic E-state index is 4.62. The Balaban J connectivity index is 1.67. The second kappa shape index (κ2) is 11.7.